The van der Waals surface area contributed by atoms with Crippen LogP contribution in [0.15, 0.2) is 0 Å². The standard InChI is InChI=1S/C13H26.C2H6/c1-6-13(11(2)3)9-7-12(4,5)8-10-13;1-2/h11H,6-10H2,1-5H3;1-2H3. The van der Waals surface area contributed by atoms with Crippen molar-refractivity contribution in [2.45, 2.75) is 80.6 Å². The average molecular weight is 212 g/mol. The summed E-state index contributed by atoms with van der Waals surface area (Å²) in [5.41, 5.74) is 1.29. The molecule has 0 unspecified atom stereocenters. The van der Waals surface area contributed by atoms with Crippen LogP contribution in [0.1, 0.15) is 80.6 Å². The highest BCUT2D eigenvalue weighted by atomic mass is 14.4. The summed E-state index contributed by atoms with van der Waals surface area (Å²) in [6.45, 7) is 16.0. The van der Waals surface area contributed by atoms with Crippen molar-refractivity contribution < 1.29 is 0 Å². The minimum absolute atomic E-state index is 0.619. The quantitative estimate of drug-likeness (QED) is 0.553. The van der Waals surface area contributed by atoms with Crippen molar-refractivity contribution in [3.05, 3.63) is 0 Å². The Labute approximate surface area is 97.8 Å². The summed E-state index contributed by atoms with van der Waals surface area (Å²) in [6, 6.07) is 0. The van der Waals surface area contributed by atoms with E-state index < -0.39 is 0 Å². The van der Waals surface area contributed by atoms with Crippen molar-refractivity contribution >= 4 is 0 Å². The van der Waals surface area contributed by atoms with Crippen LogP contribution in [-0.4, -0.2) is 0 Å². The molecular formula is C15H32. The summed E-state index contributed by atoms with van der Waals surface area (Å²) in [5, 5.41) is 0. The minimum atomic E-state index is 0.619. The number of hydrogen-bond acceptors (Lipinski definition) is 0. The molecule has 92 valence electrons. The first-order chi connectivity index (χ1) is 6.92. The molecule has 0 heteroatoms. The van der Waals surface area contributed by atoms with Gasteiger partial charge in [-0.1, -0.05) is 54.9 Å². The molecular weight excluding hydrogens is 180 g/mol. The predicted octanol–water partition coefficient (Wildman–Crippen LogP) is 5.67. The molecule has 0 aromatic rings. The lowest BCUT2D eigenvalue weighted by Crippen LogP contribution is -2.34. The van der Waals surface area contributed by atoms with Gasteiger partial charge in [0.15, 0.2) is 0 Å². The second-order valence-corrected chi connectivity index (χ2v) is 6.03. The molecule has 0 saturated heterocycles. The van der Waals surface area contributed by atoms with Gasteiger partial charge in [0, 0.05) is 0 Å². The summed E-state index contributed by atoms with van der Waals surface area (Å²) in [5.74, 6) is 0.869. The molecule has 1 fully saturated rings. The Balaban J connectivity index is 0.000000921. The molecule has 15 heavy (non-hydrogen) atoms. The van der Waals surface area contributed by atoms with Crippen LogP contribution in [0.5, 0.6) is 0 Å². The lowest BCUT2D eigenvalue weighted by atomic mass is 9.60. The van der Waals surface area contributed by atoms with Gasteiger partial charge in [-0.15, -0.1) is 0 Å². The molecule has 0 N–H and O–H groups in total. The van der Waals surface area contributed by atoms with E-state index in [1.165, 1.54) is 32.1 Å². The van der Waals surface area contributed by atoms with Crippen LogP contribution in [0.4, 0.5) is 0 Å². The highest BCUT2D eigenvalue weighted by Gasteiger charge is 2.38. The van der Waals surface area contributed by atoms with Crippen LogP contribution >= 0.6 is 0 Å². The highest BCUT2D eigenvalue weighted by Crippen LogP contribution is 2.50. The fourth-order valence-electron chi connectivity index (χ4n) is 2.76. The predicted molar refractivity (Wildman–Crippen MR) is 71.2 cm³/mol. The summed E-state index contributed by atoms with van der Waals surface area (Å²) < 4.78 is 0. The maximum absolute atomic E-state index is 2.42. The van der Waals surface area contributed by atoms with E-state index in [1.807, 2.05) is 13.8 Å². The summed E-state index contributed by atoms with van der Waals surface area (Å²) >= 11 is 0. The third kappa shape index (κ3) is 3.81. The maximum Gasteiger partial charge on any atom is -0.0277 e. The first-order valence-corrected chi connectivity index (χ1v) is 6.92. The van der Waals surface area contributed by atoms with Crippen LogP contribution in [0.2, 0.25) is 0 Å². The van der Waals surface area contributed by atoms with Crippen molar-refractivity contribution in [3.8, 4) is 0 Å². The van der Waals surface area contributed by atoms with Crippen molar-refractivity contribution in [2.75, 3.05) is 0 Å². The van der Waals surface area contributed by atoms with Crippen molar-refractivity contribution in [2.24, 2.45) is 16.7 Å². The van der Waals surface area contributed by atoms with E-state index in [1.54, 1.807) is 0 Å². The van der Waals surface area contributed by atoms with E-state index in [2.05, 4.69) is 34.6 Å². The van der Waals surface area contributed by atoms with Crippen molar-refractivity contribution in [3.63, 3.8) is 0 Å². The van der Waals surface area contributed by atoms with E-state index in [-0.39, 0.29) is 0 Å². The van der Waals surface area contributed by atoms with E-state index in [4.69, 9.17) is 0 Å². The molecule has 1 aliphatic carbocycles. The van der Waals surface area contributed by atoms with Gasteiger partial charge in [-0.2, -0.15) is 0 Å². The van der Waals surface area contributed by atoms with Crippen molar-refractivity contribution in [1.29, 1.82) is 0 Å². The molecule has 0 bridgehead atoms. The van der Waals surface area contributed by atoms with Crippen LogP contribution in [-0.2, 0) is 0 Å². The molecule has 1 aliphatic rings. The van der Waals surface area contributed by atoms with Gasteiger partial charge in [-0.25, -0.2) is 0 Å². The second-order valence-electron chi connectivity index (χ2n) is 6.03. The van der Waals surface area contributed by atoms with Gasteiger partial charge in [0.1, 0.15) is 0 Å². The first kappa shape index (κ1) is 15.0. The molecule has 0 aromatic carbocycles. The topological polar surface area (TPSA) is 0 Å². The molecule has 0 aliphatic heterocycles. The Morgan fingerprint density at radius 1 is 0.933 bits per heavy atom. The Kier molecular flexibility index (Phi) is 5.92. The summed E-state index contributed by atoms with van der Waals surface area (Å²) in [7, 11) is 0. The molecule has 0 spiro atoms. The van der Waals surface area contributed by atoms with Gasteiger partial charge in [0.05, 0.1) is 0 Å². The molecule has 0 nitrogen and oxygen atoms in total. The first-order valence-electron chi connectivity index (χ1n) is 6.92. The zero-order valence-corrected chi connectivity index (χ0v) is 12.1. The van der Waals surface area contributed by atoms with Gasteiger partial charge in [-0.3, -0.25) is 0 Å². The van der Waals surface area contributed by atoms with Gasteiger partial charge in [0.2, 0.25) is 0 Å². The largest absolute Gasteiger partial charge is 0.0683 e. The highest BCUT2D eigenvalue weighted by molar-refractivity contribution is 4.89. The van der Waals surface area contributed by atoms with E-state index in [9.17, 15) is 0 Å². The molecule has 0 amide bonds. The number of hydrogen-bond donors (Lipinski definition) is 0. The van der Waals surface area contributed by atoms with Crippen LogP contribution in [0.25, 0.3) is 0 Å². The summed E-state index contributed by atoms with van der Waals surface area (Å²) in [6.07, 6.45) is 7.14. The zero-order chi connectivity index (χ0) is 12.1. The van der Waals surface area contributed by atoms with Crippen molar-refractivity contribution in [1.82, 2.24) is 0 Å². The van der Waals surface area contributed by atoms with Gasteiger partial charge < -0.3 is 0 Å². The van der Waals surface area contributed by atoms with E-state index in [0.717, 1.165) is 5.92 Å². The molecule has 0 aromatic heterocycles. The normalized spacial score (nSPS) is 23.2. The molecule has 0 atom stereocenters. The lowest BCUT2D eigenvalue weighted by molar-refractivity contribution is 0.0538. The SMILES string of the molecule is CC.CCC1(C(C)C)CCC(C)(C)CC1. The summed E-state index contributed by atoms with van der Waals surface area (Å²) in [4.78, 5) is 0. The second kappa shape index (κ2) is 5.92. The van der Waals surface area contributed by atoms with Crippen LogP contribution in [0.3, 0.4) is 0 Å². The Morgan fingerprint density at radius 3 is 1.60 bits per heavy atom. The Bertz CT molecular complexity index is 155. The Hall–Kier alpha value is 0. The van der Waals surface area contributed by atoms with Gasteiger partial charge >= 0.3 is 0 Å². The molecule has 1 saturated carbocycles. The Morgan fingerprint density at radius 2 is 1.33 bits per heavy atom. The minimum Gasteiger partial charge on any atom is -0.0683 e. The van der Waals surface area contributed by atoms with Crippen LogP contribution in [0, 0.1) is 16.7 Å². The third-order valence-electron chi connectivity index (χ3n) is 4.53. The average Bonchev–Trinajstić information content (AvgIpc) is 2.21. The molecule has 0 heterocycles. The molecule has 0 radical (unpaired) electrons. The van der Waals surface area contributed by atoms with E-state index in [0.29, 0.717) is 10.8 Å². The lowest BCUT2D eigenvalue weighted by Gasteiger charge is -2.46. The van der Waals surface area contributed by atoms with Crippen LogP contribution < -0.4 is 0 Å². The number of rotatable bonds is 2. The van der Waals surface area contributed by atoms with E-state index >= 15 is 0 Å². The monoisotopic (exact) mass is 212 g/mol. The van der Waals surface area contributed by atoms with Gasteiger partial charge in [-0.05, 0) is 42.4 Å². The van der Waals surface area contributed by atoms with Gasteiger partial charge in [0.25, 0.3) is 0 Å². The smallest absolute Gasteiger partial charge is 0.0277 e. The molecule has 1 rings (SSSR count). The maximum atomic E-state index is 2.42. The fourth-order valence-corrected chi connectivity index (χ4v) is 2.76. The fraction of sp³-hybridized carbons (Fsp3) is 1.00. The third-order valence-corrected chi connectivity index (χ3v) is 4.53. The zero-order valence-electron chi connectivity index (χ0n) is 12.1.